The lowest BCUT2D eigenvalue weighted by molar-refractivity contribution is -0.146. The number of aliphatic hydroxyl groups excluding tert-OH is 1. The van der Waals surface area contributed by atoms with Gasteiger partial charge in [-0.15, -0.1) is 0 Å². The maximum atomic E-state index is 11.3. The first-order valence-corrected chi connectivity index (χ1v) is 5.86. The Balaban J connectivity index is 2.22. The van der Waals surface area contributed by atoms with Crippen molar-refractivity contribution in [1.29, 1.82) is 0 Å². The van der Waals surface area contributed by atoms with Crippen LogP contribution in [0.1, 0.15) is 12.0 Å². The number of aliphatic hydroxyl groups is 1. The van der Waals surface area contributed by atoms with Crippen molar-refractivity contribution in [2.75, 3.05) is 13.2 Å². The summed E-state index contributed by atoms with van der Waals surface area (Å²) in [5, 5.41) is 19.7. The number of rotatable bonds is 7. The third-order valence-corrected chi connectivity index (χ3v) is 2.37. The second kappa shape index (κ2) is 7.38. The summed E-state index contributed by atoms with van der Waals surface area (Å²) in [7, 11) is 0. The third kappa shape index (κ3) is 5.87. The highest BCUT2D eigenvalue weighted by atomic mass is 16.5. The molecule has 0 aliphatic carbocycles. The van der Waals surface area contributed by atoms with E-state index in [1.807, 2.05) is 25.1 Å². The number of hydrogen-bond donors (Lipinski definition) is 3. The number of carboxylic acids is 1. The second-order valence-electron chi connectivity index (χ2n) is 4.07. The Kier molecular flexibility index (Phi) is 5.81. The fourth-order valence-electron chi connectivity index (χ4n) is 1.35. The lowest BCUT2D eigenvalue weighted by atomic mass is 10.2. The minimum atomic E-state index is -1.58. The Morgan fingerprint density at radius 2 is 2.16 bits per heavy atom. The molecule has 1 amide bonds. The molecule has 0 aliphatic heterocycles. The molecule has 104 valence electrons. The first-order chi connectivity index (χ1) is 8.99. The van der Waals surface area contributed by atoms with Crippen molar-refractivity contribution < 1.29 is 24.5 Å². The molecule has 0 unspecified atom stereocenters. The van der Waals surface area contributed by atoms with Gasteiger partial charge in [-0.2, -0.15) is 0 Å². The molecule has 0 saturated carbocycles. The van der Waals surface area contributed by atoms with Crippen LogP contribution in [0.4, 0.5) is 0 Å². The molecule has 6 nitrogen and oxygen atoms in total. The summed E-state index contributed by atoms with van der Waals surface area (Å²) >= 11 is 0. The zero-order valence-corrected chi connectivity index (χ0v) is 10.6. The van der Waals surface area contributed by atoms with E-state index in [1.54, 1.807) is 6.07 Å². The van der Waals surface area contributed by atoms with Crippen molar-refractivity contribution in [2.24, 2.45) is 0 Å². The molecule has 0 bridgehead atoms. The van der Waals surface area contributed by atoms with Gasteiger partial charge in [-0.1, -0.05) is 12.1 Å². The molecule has 0 saturated heterocycles. The van der Waals surface area contributed by atoms with Crippen LogP contribution >= 0.6 is 0 Å². The van der Waals surface area contributed by atoms with Crippen LogP contribution in [0.15, 0.2) is 24.3 Å². The summed E-state index contributed by atoms with van der Waals surface area (Å²) in [6.07, 6.45) is -1.48. The lowest BCUT2D eigenvalue weighted by Crippen LogP contribution is -2.36. The predicted molar refractivity (Wildman–Crippen MR) is 67.9 cm³/mol. The molecule has 0 fully saturated rings. The number of carbonyl (C=O) groups is 2. The van der Waals surface area contributed by atoms with Gasteiger partial charge in [-0.05, 0) is 24.6 Å². The number of hydrogen-bond acceptors (Lipinski definition) is 4. The number of aryl methyl sites for hydroxylation is 1. The lowest BCUT2D eigenvalue weighted by Gasteiger charge is -2.09. The molecule has 0 spiro atoms. The highest BCUT2D eigenvalue weighted by Gasteiger charge is 2.13. The first-order valence-electron chi connectivity index (χ1n) is 5.86. The van der Waals surface area contributed by atoms with E-state index in [-0.39, 0.29) is 25.5 Å². The van der Waals surface area contributed by atoms with E-state index in [0.29, 0.717) is 5.75 Å². The molecule has 0 aromatic heterocycles. The Morgan fingerprint density at radius 3 is 2.79 bits per heavy atom. The first kappa shape index (κ1) is 15.0. The second-order valence-corrected chi connectivity index (χ2v) is 4.07. The molecular weight excluding hydrogens is 250 g/mol. The summed E-state index contributed by atoms with van der Waals surface area (Å²) in [6, 6.07) is 7.44. The Morgan fingerprint density at radius 1 is 1.42 bits per heavy atom. The molecular formula is C13H17NO5. The van der Waals surface area contributed by atoms with Crippen molar-refractivity contribution in [3.63, 3.8) is 0 Å². The molecule has 6 heteroatoms. The molecule has 0 radical (unpaired) electrons. The summed E-state index contributed by atoms with van der Waals surface area (Å²) in [5.74, 6) is -1.05. The van der Waals surface area contributed by atoms with Crippen LogP contribution in [-0.4, -0.2) is 41.3 Å². The number of benzene rings is 1. The molecule has 0 aliphatic rings. The fraction of sp³-hybridized carbons (Fsp3) is 0.385. The Hall–Kier alpha value is -2.08. The van der Waals surface area contributed by atoms with Crippen LogP contribution in [0.3, 0.4) is 0 Å². The molecule has 1 aromatic carbocycles. The van der Waals surface area contributed by atoms with Gasteiger partial charge in [0.2, 0.25) is 5.91 Å². The van der Waals surface area contributed by atoms with E-state index in [9.17, 15) is 9.59 Å². The van der Waals surface area contributed by atoms with E-state index in [4.69, 9.17) is 14.9 Å². The summed E-state index contributed by atoms with van der Waals surface area (Å²) in [4.78, 5) is 21.6. The van der Waals surface area contributed by atoms with Crippen LogP contribution < -0.4 is 10.1 Å². The van der Waals surface area contributed by atoms with Crippen molar-refractivity contribution in [2.45, 2.75) is 19.4 Å². The number of aliphatic carboxylic acids is 1. The summed E-state index contributed by atoms with van der Waals surface area (Å²) in [5.41, 5.74) is 1.06. The van der Waals surface area contributed by atoms with Crippen molar-refractivity contribution in [3.8, 4) is 5.75 Å². The maximum Gasteiger partial charge on any atom is 0.334 e. The summed E-state index contributed by atoms with van der Waals surface area (Å²) < 4.78 is 5.37. The molecule has 1 aromatic rings. The highest BCUT2D eigenvalue weighted by molar-refractivity contribution is 5.78. The average molecular weight is 267 g/mol. The van der Waals surface area contributed by atoms with Gasteiger partial charge in [0.25, 0.3) is 0 Å². The quantitative estimate of drug-likeness (QED) is 0.661. The van der Waals surface area contributed by atoms with Crippen molar-refractivity contribution in [1.82, 2.24) is 5.32 Å². The molecule has 1 rings (SSSR count). The zero-order valence-electron chi connectivity index (χ0n) is 10.6. The van der Waals surface area contributed by atoms with E-state index >= 15 is 0 Å². The maximum absolute atomic E-state index is 11.3. The topological polar surface area (TPSA) is 95.9 Å². The van der Waals surface area contributed by atoms with Gasteiger partial charge < -0.3 is 20.3 Å². The third-order valence-electron chi connectivity index (χ3n) is 2.37. The van der Waals surface area contributed by atoms with E-state index < -0.39 is 12.1 Å². The fourth-order valence-corrected chi connectivity index (χ4v) is 1.35. The van der Waals surface area contributed by atoms with Gasteiger partial charge in [0.1, 0.15) is 5.75 Å². The number of carbonyl (C=O) groups excluding carboxylic acids is 1. The van der Waals surface area contributed by atoms with Crippen LogP contribution in [-0.2, 0) is 9.59 Å². The van der Waals surface area contributed by atoms with E-state index in [1.165, 1.54) is 0 Å². The van der Waals surface area contributed by atoms with Gasteiger partial charge >= 0.3 is 5.97 Å². The van der Waals surface area contributed by atoms with Crippen molar-refractivity contribution >= 4 is 11.9 Å². The van der Waals surface area contributed by atoms with Gasteiger partial charge in [0.05, 0.1) is 19.6 Å². The monoisotopic (exact) mass is 267 g/mol. The standard InChI is InChI=1S/C13H17NO5/c1-9-3-2-4-10(7-9)19-6-5-12(16)14-8-11(15)13(17)18/h2-4,7,11,15H,5-6,8H2,1H3,(H,14,16)(H,17,18)/t11-/m0/s1. The normalized spacial score (nSPS) is 11.7. The molecule has 3 N–H and O–H groups in total. The zero-order chi connectivity index (χ0) is 14.3. The average Bonchev–Trinajstić information content (AvgIpc) is 2.36. The van der Waals surface area contributed by atoms with Gasteiger partial charge in [0.15, 0.2) is 6.10 Å². The Labute approximate surface area is 111 Å². The van der Waals surface area contributed by atoms with Crippen molar-refractivity contribution in [3.05, 3.63) is 29.8 Å². The minimum absolute atomic E-state index is 0.0975. The van der Waals surface area contributed by atoms with Crippen LogP contribution in [0, 0.1) is 6.92 Å². The Bertz CT molecular complexity index is 446. The van der Waals surface area contributed by atoms with E-state index in [2.05, 4.69) is 5.32 Å². The molecule has 0 heterocycles. The minimum Gasteiger partial charge on any atom is -0.493 e. The summed E-state index contributed by atoms with van der Waals surface area (Å²) in [6.45, 7) is 1.82. The van der Waals surface area contributed by atoms with Gasteiger partial charge in [-0.25, -0.2) is 4.79 Å². The van der Waals surface area contributed by atoms with Crippen LogP contribution in [0.5, 0.6) is 5.75 Å². The van der Waals surface area contributed by atoms with Crippen LogP contribution in [0.2, 0.25) is 0 Å². The SMILES string of the molecule is Cc1cccc(OCCC(=O)NC[C@H](O)C(=O)O)c1. The highest BCUT2D eigenvalue weighted by Crippen LogP contribution is 2.12. The molecule has 1 atom stereocenters. The largest absolute Gasteiger partial charge is 0.493 e. The van der Waals surface area contributed by atoms with Gasteiger partial charge in [-0.3, -0.25) is 4.79 Å². The smallest absolute Gasteiger partial charge is 0.334 e. The number of ether oxygens (including phenoxy) is 1. The predicted octanol–water partition coefficient (Wildman–Crippen LogP) is 0.326. The number of nitrogens with one attached hydrogen (secondary N) is 1. The number of amides is 1. The van der Waals surface area contributed by atoms with E-state index in [0.717, 1.165) is 5.56 Å². The van der Waals surface area contributed by atoms with Gasteiger partial charge in [0, 0.05) is 0 Å². The molecule has 19 heavy (non-hydrogen) atoms. The van der Waals surface area contributed by atoms with Crippen LogP contribution in [0.25, 0.3) is 0 Å². The number of carboxylic acid groups (broad SMARTS) is 1.